The maximum absolute atomic E-state index is 12.8. The first-order valence-electron chi connectivity index (χ1n) is 11.2. The molecule has 164 valence electrons. The number of piperazine rings is 1. The van der Waals surface area contributed by atoms with Crippen molar-refractivity contribution in [2.45, 2.75) is 32.7 Å². The van der Waals surface area contributed by atoms with Gasteiger partial charge in [-0.15, -0.1) is 0 Å². The van der Waals surface area contributed by atoms with E-state index in [0.29, 0.717) is 0 Å². The van der Waals surface area contributed by atoms with Gasteiger partial charge in [0.25, 0.3) is 0 Å². The summed E-state index contributed by atoms with van der Waals surface area (Å²) in [5, 5.41) is 0. The molecule has 0 N–H and O–H groups in total. The molecule has 0 unspecified atom stereocenters. The lowest BCUT2D eigenvalue weighted by Gasteiger charge is -2.37. The Bertz CT molecular complexity index is 1020. The topological polar surface area (TPSA) is 42.6 Å². The molecule has 3 aromatic rings. The normalized spacial score (nSPS) is 14.3. The third kappa shape index (κ3) is 4.33. The van der Waals surface area contributed by atoms with Crippen molar-refractivity contribution >= 4 is 11.4 Å². The molecule has 0 bridgehead atoms. The van der Waals surface area contributed by atoms with E-state index in [2.05, 4.69) is 47.9 Å². The average molecular weight is 421 g/mol. The van der Waals surface area contributed by atoms with Gasteiger partial charge in [-0.1, -0.05) is 13.8 Å². The molecular weight excluding hydrogens is 388 g/mol. The van der Waals surface area contributed by atoms with Crippen LogP contribution in [0.2, 0.25) is 0 Å². The molecule has 0 amide bonds. The van der Waals surface area contributed by atoms with Crippen LogP contribution in [0, 0.1) is 0 Å². The van der Waals surface area contributed by atoms with Gasteiger partial charge in [0.2, 0.25) is 0 Å². The predicted molar refractivity (Wildman–Crippen MR) is 127 cm³/mol. The molecule has 0 saturated carbocycles. The summed E-state index contributed by atoms with van der Waals surface area (Å²) in [4.78, 5) is 17.6. The third-order valence-electron chi connectivity index (χ3n) is 6.35. The molecule has 31 heavy (non-hydrogen) atoms. The zero-order chi connectivity index (χ0) is 21.8. The SMILES string of the molecule is CCC(CC)n1ccn(-c2ccc(N3CCN(c4ccc(OC)cc4)CC3)cc2)c1=O. The summed E-state index contributed by atoms with van der Waals surface area (Å²) in [5.41, 5.74) is 3.38. The molecule has 1 aliphatic heterocycles. The number of methoxy groups -OCH3 is 1. The lowest BCUT2D eigenvalue weighted by Crippen LogP contribution is -2.46. The standard InChI is InChI=1S/C25H32N4O2/c1-4-20(5-2)28-18-19-29(25(28)30)23-8-6-21(7-9-23)26-14-16-27(17-15-26)22-10-12-24(31-3)13-11-22/h6-13,18-20H,4-5,14-17H2,1-3H3. The Balaban J connectivity index is 1.42. The minimum absolute atomic E-state index is 0.0366. The first-order chi connectivity index (χ1) is 15.1. The van der Waals surface area contributed by atoms with Gasteiger partial charge in [0, 0.05) is 56.0 Å². The molecule has 2 aromatic carbocycles. The molecule has 1 aliphatic rings. The van der Waals surface area contributed by atoms with E-state index in [4.69, 9.17) is 4.74 Å². The van der Waals surface area contributed by atoms with Crippen LogP contribution in [0.1, 0.15) is 32.7 Å². The van der Waals surface area contributed by atoms with Crippen LogP contribution in [0.15, 0.2) is 65.7 Å². The number of nitrogens with zero attached hydrogens (tertiary/aromatic N) is 4. The van der Waals surface area contributed by atoms with Gasteiger partial charge in [-0.05, 0) is 61.4 Å². The highest BCUT2D eigenvalue weighted by atomic mass is 16.5. The van der Waals surface area contributed by atoms with Crippen LogP contribution in [0.4, 0.5) is 11.4 Å². The monoisotopic (exact) mass is 420 g/mol. The number of anilines is 2. The van der Waals surface area contributed by atoms with Crippen molar-refractivity contribution in [2.24, 2.45) is 0 Å². The van der Waals surface area contributed by atoms with Gasteiger partial charge >= 0.3 is 5.69 Å². The van der Waals surface area contributed by atoms with Crippen LogP contribution in [0.3, 0.4) is 0 Å². The molecule has 0 spiro atoms. The van der Waals surface area contributed by atoms with Gasteiger partial charge in [-0.25, -0.2) is 4.79 Å². The highest BCUT2D eigenvalue weighted by molar-refractivity contribution is 5.54. The van der Waals surface area contributed by atoms with E-state index < -0.39 is 0 Å². The highest BCUT2D eigenvalue weighted by Crippen LogP contribution is 2.23. The first-order valence-corrected chi connectivity index (χ1v) is 11.2. The number of benzene rings is 2. The summed E-state index contributed by atoms with van der Waals surface area (Å²) in [7, 11) is 1.69. The second kappa shape index (κ2) is 9.33. The van der Waals surface area contributed by atoms with E-state index in [1.54, 1.807) is 11.7 Å². The van der Waals surface area contributed by atoms with Gasteiger partial charge in [-0.3, -0.25) is 9.13 Å². The van der Waals surface area contributed by atoms with Crippen molar-refractivity contribution in [3.05, 3.63) is 71.4 Å². The Kier molecular flexibility index (Phi) is 6.35. The molecule has 6 heteroatoms. The summed E-state index contributed by atoms with van der Waals surface area (Å²) >= 11 is 0. The van der Waals surface area contributed by atoms with Crippen molar-refractivity contribution in [1.82, 2.24) is 9.13 Å². The Morgan fingerprint density at radius 2 is 1.26 bits per heavy atom. The number of ether oxygens (including phenoxy) is 1. The Hall–Kier alpha value is -3.15. The van der Waals surface area contributed by atoms with Crippen LogP contribution in [0.25, 0.3) is 5.69 Å². The van der Waals surface area contributed by atoms with Crippen LogP contribution >= 0.6 is 0 Å². The molecule has 0 atom stereocenters. The van der Waals surface area contributed by atoms with Crippen molar-refractivity contribution in [1.29, 1.82) is 0 Å². The number of hydrogen-bond acceptors (Lipinski definition) is 4. The van der Waals surface area contributed by atoms with E-state index in [-0.39, 0.29) is 11.7 Å². The van der Waals surface area contributed by atoms with E-state index >= 15 is 0 Å². The molecule has 0 aliphatic carbocycles. The molecule has 1 fully saturated rings. The van der Waals surface area contributed by atoms with Gasteiger partial charge in [0.1, 0.15) is 5.75 Å². The predicted octanol–water partition coefficient (Wildman–Crippen LogP) is 4.34. The van der Waals surface area contributed by atoms with E-state index in [1.165, 1.54) is 11.4 Å². The van der Waals surface area contributed by atoms with E-state index in [1.807, 2.05) is 41.2 Å². The molecular formula is C25H32N4O2. The summed E-state index contributed by atoms with van der Waals surface area (Å²) in [6, 6.07) is 16.9. The Labute approximate surface area is 184 Å². The van der Waals surface area contributed by atoms with Crippen LogP contribution in [-0.2, 0) is 0 Å². The van der Waals surface area contributed by atoms with Crippen molar-refractivity contribution < 1.29 is 4.74 Å². The van der Waals surface area contributed by atoms with Gasteiger partial charge < -0.3 is 14.5 Å². The fourth-order valence-electron chi connectivity index (χ4n) is 4.39. The smallest absolute Gasteiger partial charge is 0.332 e. The zero-order valence-corrected chi connectivity index (χ0v) is 18.7. The lowest BCUT2D eigenvalue weighted by molar-refractivity contribution is 0.415. The zero-order valence-electron chi connectivity index (χ0n) is 18.7. The van der Waals surface area contributed by atoms with Crippen LogP contribution in [0.5, 0.6) is 5.75 Å². The molecule has 4 rings (SSSR count). The van der Waals surface area contributed by atoms with Crippen LogP contribution < -0.4 is 20.2 Å². The van der Waals surface area contributed by atoms with Gasteiger partial charge in [0.05, 0.1) is 12.8 Å². The molecule has 1 saturated heterocycles. The largest absolute Gasteiger partial charge is 0.497 e. The number of hydrogen-bond donors (Lipinski definition) is 0. The van der Waals surface area contributed by atoms with E-state index in [0.717, 1.165) is 50.5 Å². The highest BCUT2D eigenvalue weighted by Gasteiger charge is 2.18. The number of rotatable bonds is 7. The second-order valence-corrected chi connectivity index (χ2v) is 8.02. The Morgan fingerprint density at radius 1 is 0.774 bits per heavy atom. The maximum atomic E-state index is 12.8. The van der Waals surface area contributed by atoms with Crippen molar-refractivity contribution in [3.63, 3.8) is 0 Å². The minimum atomic E-state index is 0.0366. The first kappa shape index (κ1) is 21.1. The van der Waals surface area contributed by atoms with Crippen molar-refractivity contribution in [2.75, 3.05) is 43.1 Å². The van der Waals surface area contributed by atoms with Crippen molar-refractivity contribution in [3.8, 4) is 11.4 Å². The quantitative estimate of drug-likeness (QED) is 0.570. The second-order valence-electron chi connectivity index (χ2n) is 8.02. The fraction of sp³-hybridized carbons (Fsp3) is 0.400. The summed E-state index contributed by atoms with van der Waals surface area (Å²) < 4.78 is 8.85. The molecule has 2 heterocycles. The minimum Gasteiger partial charge on any atom is -0.497 e. The molecule has 6 nitrogen and oxygen atoms in total. The van der Waals surface area contributed by atoms with Gasteiger partial charge in [-0.2, -0.15) is 0 Å². The summed E-state index contributed by atoms with van der Waals surface area (Å²) in [6.45, 7) is 8.15. The van der Waals surface area contributed by atoms with E-state index in [9.17, 15) is 4.79 Å². The summed E-state index contributed by atoms with van der Waals surface area (Å²) in [6.07, 6.45) is 5.71. The summed E-state index contributed by atoms with van der Waals surface area (Å²) in [5.74, 6) is 0.886. The lowest BCUT2D eigenvalue weighted by atomic mass is 10.2. The van der Waals surface area contributed by atoms with Gasteiger partial charge in [0.15, 0.2) is 0 Å². The number of imidazole rings is 1. The fourth-order valence-corrected chi connectivity index (χ4v) is 4.39. The molecule has 0 radical (unpaired) electrons. The third-order valence-corrected chi connectivity index (χ3v) is 6.35. The maximum Gasteiger partial charge on any atom is 0.332 e. The average Bonchev–Trinajstić information content (AvgIpc) is 3.21. The molecule has 1 aromatic heterocycles. The van der Waals surface area contributed by atoms with Crippen LogP contribution in [-0.4, -0.2) is 42.4 Å². The number of aromatic nitrogens is 2. The Morgan fingerprint density at radius 3 is 1.74 bits per heavy atom.